The Bertz CT molecular complexity index is 993. The second-order valence-corrected chi connectivity index (χ2v) is 6.09. The monoisotopic (exact) mass is 348 g/mol. The lowest BCUT2D eigenvalue weighted by Crippen LogP contribution is -2.44. The minimum Gasteiger partial charge on any atom is -0.470 e. The SMILES string of the molecule is N#Cc1nccnc1O[C@@H]1CCCN(C(=O)c2ccc3nc[nH]c3c2)C1. The number of piperidine rings is 1. The smallest absolute Gasteiger partial charge is 0.254 e. The quantitative estimate of drug-likeness (QED) is 0.774. The lowest BCUT2D eigenvalue weighted by molar-refractivity contribution is 0.0526. The van der Waals surface area contributed by atoms with Crippen LogP contribution >= 0.6 is 0 Å². The van der Waals surface area contributed by atoms with Crippen LogP contribution in [0.2, 0.25) is 0 Å². The first-order valence-electron chi connectivity index (χ1n) is 8.35. The minimum atomic E-state index is -0.215. The van der Waals surface area contributed by atoms with Crippen molar-refractivity contribution in [2.45, 2.75) is 18.9 Å². The van der Waals surface area contributed by atoms with Crippen molar-refractivity contribution in [2.75, 3.05) is 13.1 Å². The zero-order valence-electron chi connectivity index (χ0n) is 13.9. The van der Waals surface area contributed by atoms with Gasteiger partial charge in [-0.1, -0.05) is 0 Å². The molecule has 26 heavy (non-hydrogen) atoms. The molecule has 2 aromatic heterocycles. The van der Waals surface area contributed by atoms with Crippen LogP contribution in [0.1, 0.15) is 28.9 Å². The third-order valence-corrected chi connectivity index (χ3v) is 4.38. The molecular formula is C18H16N6O2. The zero-order valence-corrected chi connectivity index (χ0v) is 13.9. The number of H-pyrrole nitrogens is 1. The molecule has 4 rings (SSSR count). The molecule has 1 aromatic carbocycles. The normalized spacial score (nSPS) is 17.0. The highest BCUT2D eigenvalue weighted by Crippen LogP contribution is 2.21. The van der Waals surface area contributed by atoms with Crippen molar-refractivity contribution in [3.63, 3.8) is 0 Å². The number of carbonyl (C=O) groups is 1. The van der Waals surface area contributed by atoms with Gasteiger partial charge in [-0.2, -0.15) is 5.26 Å². The summed E-state index contributed by atoms with van der Waals surface area (Å²) in [5.74, 6) is 0.169. The van der Waals surface area contributed by atoms with Gasteiger partial charge in [0.25, 0.3) is 11.8 Å². The Morgan fingerprint density at radius 3 is 3.08 bits per heavy atom. The van der Waals surface area contributed by atoms with Crippen molar-refractivity contribution < 1.29 is 9.53 Å². The number of aromatic amines is 1. The van der Waals surface area contributed by atoms with Crippen LogP contribution in [0.25, 0.3) is 11.0 Å². The summed E-state index contributed by atoms with van der Waals surface area (Å²) in [4.78, 5) is 29.8. The summed E-state index contributed by atoms with van der Waals surface area (Å²) in [6.07, 6.45) is 5.95. The number of nitriles is 1. The average molecular weight is 348 g/mol. The molecule has 1 fully saturated rings. The first-order valence-corrected chi connectivity index (χ1v) is 8.35. The van der Waals surface area contributed by atoms with E-state index < -0.39 is 0 Å². The number of ether oxygens (including phenoxy) is 1. The molecule has 3 heterocycles. The maximum absolute atomic E-state index is 12.8. The van der Waals surface area contributed by atoms with E-state index in [2.05, 4.69) is 19.9 Å². The molecule has 1 atom stereocenters. The summed E-state index contributed by atoms with van der Waals surface area (Å²) >= 11 is 0. The molecule has 0 unspecified atom stereocenters. The van der Waals surface area contributed by atoms with Gasteiger partial charge in [0.05, 0.1) is 23.9 Å². The summed E-state index contributed by atoms with van der Waals surface area (Å²) in [6, 6.07) is 7.40. The Balaban J connectivity index is 1.49. The van der Waals surface area contributed by atoms with Gasteiger partial charge < -0.3 is 14.6 Å². The number of likely N-dealkylation sites (tertiary alicyclic amines) is 1. The van der Waals surface area contributed by atoms with Gasteiger partial charge in [0.2, 0.25) is 5.69 Å². The number of carbonyl (C=O) groups excluding carboxylic acids is 1. The minimum absolute atomic E-state index is 0.0468. The maximum Gasteiger partial charge on any atom is 0.254 e. The van der Waals surface area contributed by atoms with Gasteiger partial charge in [-0.25, -0.2) is 15.0 Å². The van der Waals surface area contributed by atoms with E-state index in [1.54, 1.807) is 17.3 Å². The fourth-order valence-corrected chi connectivity index (χ4v) is 3.12. The van der Waals surface area contributed by atoms with Crippen LogP contribution in [0.5, 0.6) is 5.88 Å². The second kappa shape index (κ2) is 6.80. The molecule has 1 aliphatic rings. The van der Waals surface area contributed by atoms with E-state index in [9.17, 15) is 4.79 Å². The standard InChI is InChI=1S/C18H16N6O2/c19-9-16-17(21-6-5-20-16)26-13-2-1-7-24(10-13)18(25)12-3-4-14-15(8-12)23-11-22-14/h3-6,8,11,13H,1-2,7,10H2,(H,22,23)/t13-/m1/s1. The summed E-state index contributed by atoms with van der Waals surface area (Å²) < 4.78 is 5.85. The van der Waals surface area contributed by atoms with Crippen molar-refractivity contribution in [3.05, 3.63) is 48.2 Å². The Kier molecular flexibility index (Phi) is 4.19. The van der Waals surface area contributed by atoms with Gasteiger partial charge in [0.15, 0.2) is 0 Å². The third-order valence-electron chi connectivity index (χ3n) is 4.38. The van der Waals surface area contributed by atoms with E-state index in [1.165, 1.54) is 12.4 Å². The molecular weight excluding hydrogens is 332 g/mol. The third kappa shape index (κ3) is 3.07. The van der Waals surface area contributed by atoms with Crippen LogP contribution in [-0.4, -0.2) is 49.9 Å². The second-order valence-electron chi connectivity index (χ2n) is 6.09. The van der Waals surface area contributed by atoms with E-state index in [4.69, 9.17) is 10.00 Å². The molecule has 0 radical (unpaired) electrons. The highest BCUT2D eigenvalue weighted by molar-refractivity contribution is 5.97. The number of hydrogen-bond acceptors (Lipinski definition) is 6. The fraction of sp³-hybridized carbons (Fsp3) is 0.278. The van der Waals surface area contributed by atoms with Crippen LogP contribution in [0.3, 0.4) is 0 Å². The van der Waals surface area contributed by atoms with Gasteiger partial charge in [0, 0.05) is 24.5 Å². The van der Waals surface area contributed by atoms with E-state index in [-0.39, 0.29) is 23.6 Å². The lowest BCUT2D eigenvalue weighted by Gasteiger charge is -2.32. The number of benzene rings is 1. The Hall–Kier alpha value is -3.47. The zero-order chi connectivity index (χ0) is 17.9. The number of nitrogens with zero attached hydrogens (tertiary/aromatic N) is 5. The first-order chi connectivity index (χ1) is 12.7. The number of fused-ring (bicyclic) bond motifs is 1. The number of imidazole rings is 1. The largest absolute Gasteiger partial charge is 0.470 e. The molecule has 0 bridgehead atoms. The van der Waals surface area contributed by atoms with Crippen molar-refractivity contribution in [1.82, 2.24) is 24.8 Å². The first kappa shape index (κ1) is 16.0. The highest BCUT2D eigenvalue weighted by atomic mass is 16.5. The molecule has 0 aliphatic carbocycles. The molecule has 1 aliphatic heterocycles. The average Bonchev–Trinajstić information content (AvgIpc) is 3.16. The van der Waals surface area contributed by atoms with E-state index in [0.29, 0.717) is 18.7 Å². The summed E-state index contributed by atoms with van der Waals surface area (Å²) in [6.45, 7) is 1.12. The number of nitrogens with one attached hydrogen (secondary N) is 1. The van der Waals surface area contributed by atoms with Gasteiger partial charge in [-0.3, -0.25) is 4.79 Å². The van der Waals surface area contributed by atoms with Crippen LogP contribution < -0.4 is 4.74 Å². The number of amides is 1. The molecule has 8 nitrogen and oxygen atoms in total. The van der Waals surface area contributed by atoms with Crippen molar-refractivity contribution in [1.29, 1.82) is 5.26 Å². The van der Waals surface area contributed by atoms with Crippen LogP contribution in [0, 0.1) is 11.3 Å². The van der Waals surface area contributed by atoms with Crippen molar-refractivity contribution in [3.8, 4) is 11.9 Å². The molecule has 1 saturated heterocycles. The van der Waals surface area contributed by atoms with Crippen LogP contribution in [0.4, 0.5) is 0 Å². The topological polar surface area (TPSA) is 108 Å². The van der Waals surface area contributed by atoms with E-state index in [1.807, 2.05) is 18.2 Å². The molecule has 8 heteroatoms. The predicted molar refractivity (Wildman–Crippen MR) is 92.4 cm³/mol. The van der Waals surface area contributed by atoms with Gasteiger partial charge >= 0.3 is 0 Å². The van der Waals surface area contributed by atoms with Crippen LogP contribution in [-0.2, 0) is 0 Å². The molecule has 3 aromatic rings. The Labute approximate surface area is 149 Å². The van der Waals surface area contributed by atoms with Crippen molar-refractivity contribution >= 4 is 16.9 Å². The van der Waals surface area contributed by atoms with Gasteiger partial charge in [-0.15, -0.1) is 0 Å². The maximum atomic E-state index is 12.8. The van der Waals surface area contributed by atoms with E-state index >= 15 is 0 Å². The summed E-state index contributed by atoms with van der Waals surface area (Å²) in [7, 11) is 0. The molecule has 1 N–H and O–H groups in total. The highest BCUT2D eigenvalue weighted by Gasteiger charge is 2.27. The Morgan fingerprint density at radius 2 is 2.19 bits per heavy atom. The number of aromatic nitrogens is 4. The molecule has 0 spiro atoms. The summed E-state index contributed by atoms with van der Waals surface area (Å²) in [5.41, 5.74) is 2.42. The lowest BCUT2D eigenvalue weighted by atomic mass is 10.1. The van der Waals surface area contributed by atoms with Gasteiger partial charge in [0.1, 0.15) is 12.2 Å². The summed E-state index contributed by atoms with van der Waals surface area (Å²) in [5, 5.41) is 9.10. The van der Waals surface area contributed by atoms with Gasteiger partial charge in [-0.05, 0) is 31.0 Å². The fourth-order valence-electron chi connectivity index (χ4n) is 3.12. The van der Waals surface area contributed by atoms with Crippen molar-refractivity contribution in [2.24, 2.45) is 0 Å². The predicted octanol–water partition coefficient (Wildman–Crippen LogP) is 1.91. The number of hydrogen-bond donors (Lipinski definition) is 1. The van der Waals surface area contributed by atoms with E-state index in [0.717, 1.165) is 23.9 Å². The van der Waals surface area contributed by atoms with Crippen LogP contribution in [0.15, 0.2) is 36.9 Å². The molecule has 1 amide bonds. The molecule has 130 valence electrons. The number of rotatable bonds is 3. The Morgan fingerprint density at radius 1 is 1.31 bits per heavy atom. The molecule has 0 saturated carbocycles.